The summed E-state index contributed by atoms with van der Waals surface area (Å²) in [6, 6.07) is 1.74. The van der Waals surface area contributed by atoms with Crippen molar-refractivity contribution in [3.05, 3.63) is 54.4 Å². The lowest BCUT2D eigenvalue weighted by Crippen LogP contribution is -2.38. The van der Waals surface area contributed by atoms with Crippen molar-refractivity contribution in [2.45, 2.75) is 17.2 Å². The lowest BCUT2D eigenvalue weighted by atomic mass is 10.1. The Morgan fingerprint density at radius 2 is 1.80 bits per heavy atom. The van der Waals surface area contributed by atoms with E-state index in [1.165, 1.54) is 10.7 Å². The summed E-state index contributed by atoms with van der Waals surface area (Å²) in [5, 5.41) is 6.48. The fourth-order valence-electron chi connectivity index (χ4n) is 2.05. The number of sulfonamides is 1. The van der Waals surface area contributed by atoms with E-state index >= 15 is 0 Å². The van der Waals surface area contributed by atoms with Crippen LogP contribution in [0.5, 0.6) is 0 Å². The molecule has 2 aromatic heterocycles. The van der Waals surface area contributed by atoms with Gasteiger partial charge in [0.15, 0.2) is 10.7 Å². The third kappa shape index (κ3) is 3.58. The minimum Gasteiger partial charge on any atom is -0.272 e. The van der Waals surface area contributed by atoms with Crippen molar-refractivity contribution < 1.29 is 26.0 Å². The number of nitrogens with zero attached hydrogens (tertiary/aromatic N) is 4. The summed E-state index contributed by atoms with van der Waals surface area (Å²) in [5.41, 5.74) is -0.359. The van der Waals surface area contributed by atoms with Crippen LogP contribution in [-0.4, -0.2) is 34.2 Å². The average molecular weight is 375 g/mol. The molecule has 132 valence electrons. The van der Waals surface area contributed by atoms with Gasteiger partial charge in [0, 0.05) is 6.07 Å². The fourth-order valence-corrected chi connectivity index (χ4v) is 3.20. The van der Waals surface area contributed by atoms with Gasteiger partial charge in [-0.05, 0) is 17.7 Å². The first-order valence-electron chi connectivity index (χ1n) is 6.67. The van der Waals surface area contributed by atoms with E-state index in [0.29, 0.717) is 0 Å². The molecule has 0 radical (unpaired) electrons. The highest BCUT2D eigenvalue weighted by atomic mass is 32.2. The molecule has 0 saturated heterocycles. The molecular formula is C13H9F4N5O2S. The van der Waals surface area contributed by atoms with E-state index in [4.69, 9.17) is 0 Å². The molecule has 1 atom stereocenters. The van der Waals surface area contributed by atoms with Crippen molar-refractivity contribution >= 4 is 15.7 Å². The van der Waals surface area contributed by atoms with Crippen molar-refractivity contribution in [3.63, 3.8) is 0 Å². The number of fused-ring (bicyclic) bond motifs is 1. The minimum absolute atomic E-state index is 0.0979. The molecule has 1 N–H and O–H groups in total. The van der Waals surface area contributed by atoms with Gasteiger partial charge in [0.1, 0.15) is 24.5 Å². The number of alkyl halides is 3. The molecule has 3 aromatic rings. The quantitative estimate of drug-likeness (QED) is 0.555. The molecule has 7 nitrogen and oxygen atoms in total. The monoisotopic (exact) mass is 375 g/mol. The van der Waals surface area contributed by atoms with Crippen LogP contribution in [0.25, 0.3) is 5.65 Å². The third-order valence-corrected chi connectivity index (χ3v) is 4.56. The Labute approximate surface area is 138 Å². The summed E-state index contributed by atoms with van der Waals surface area (Å²) in [5.74, 6) is -0.744. The van der Waals surface area contributed by atoms with Gasteiger partial charge in [-0.25, -0.2) is 17.8 Å². The van der Waals surface area contributed by atoms with Gasteiger partial charge >= 0.3 is 6.18 Å². The predicted molar refractivity (Wildman–Crippen MR) is 76.3 cm³/mol. The number of nitrogens with one attached hydrogen (secondary N) is 1. The first kappa shape index (κ1) is 17.2. The number of rotatable bonds is 4. The Bertz CT molecular complexity index is 1000. The molecule has 0 unspecified atom stereocenters. The van der Waals surface area contributed by atoms with E-state index in [-0.39, 0.29) is 5.65 Å². The number of hydrogen-bond donors (Lipinski definition) is 1. The Kier molecular flexibility index (Phi) is 4.16. The Morgan fingerprint density at radius 1 is 1.12 bits per heavy atom. The molecule has 0 saturated carbocycles. The van der Waals surface area contributed by atoms with Gasteiger partial charge in [0.2, 0.25) is 0 Å². The average Bonchev–Trinajstić information content (AvgIpc) is 3.00. The summed E-state index contributed by atoms with van der Waals surface area (Å²) in [7, 11) is -4.63. The van der Waals surface area contributed by atoms with E-state index in [9.17, 15) is 26.0 Å². The number of halogens is 4. The summed E-state index contributed by atoms with van der Waals surface area (Å²) in [6.45, 7) is 0. The molecule has 0 bridgehead atoms. The van der Waals surface area contributed by atoms with Crippen molar-refractivity contribution in [2.24, 2.45) is 0 Å². The van der Waals surface area contributed by atoms with Crippen LogP contribution >= 0.6 is 0 Å². The zero-order chi connectivity index (χ0) is 18.2. The number of benzene rings is 1. The van der Waals surface area contributed by atoms with Gasteiger partial charge in [-0.1, -0.05) is 12.1 Å². The second-order valence-corrected chi connectivity index (χ2v) is 6.63. The van der Waals surface area contributed by atoms with Gasteiger partial charge in [-0.15, -0.1) is 10.2 Å². The van der Waals surface area contributed by atoms with Crippen LogP contribution in [0.3, 0.4) is 0 Å². The number of aromatic nitrogens is 4. The summed E-state index contributed by atoms with van der Waals surface area (Å²) < 4.78 is 80.2. The molecule has 12 heteroatoms. The molecule has 0 spiro atoms. The van der Waals surface area contributed by atoms with Crippen LogP contribution in [0.4, 0.5) is 17.6 Å². The molecule has 0 aliphatic heterocycles. The topological polar surface area (TPSA) is 89.2 Å². The summed E-state index contributed by atoms with van der Waals surface area (Å²) >= 11 is 0. The van der Waals surface area contributed by atoms with E-state index in [1.807, 2.05) is 0 Å². The van der Waals surface area contributed by atoms with Crippen molar-refractivity contribution in [1.82, 2.24) is 24.3 Å². The standard InChI is InChI=1S/C13H9F4N5O2S/c14-9-3-1-8(2-4-9)12(13(15,16)17)21-25(23,24)11-5-10-20-19-7-22(10)6-18-11/h1-7,12,21H/t12-/m1/s1. The van der Waals surface area contributed by atoms with Crippen LogP contribution in [0.15, 0.2) is 48.0 Å². The van der Waals surface area contributed by atoms with Crippen LogP contribution in [0.1, 0.15) is 11.6 Å². The van der Waals surface area contributed by atoms with Crippen LogP contribution in [0.2, 0.25) is 0 Å². The van der Waals surface area contributed by atoms with Crippen molar-refractivity contribution in [2.75, 3.05) is 0 Å². The van der Waals surface area contributed by atoms with E-state index in [0.717, 1.165) is 36.7 Å². The maximum Gasteiger partial charge on any atom is 0.408 e. The highest BCUT2D eigenvalue weighted by Gasteiger charge is 2.43. The maximum absolute atomic E-state index is 13.3. The van der Waals surface area contributed by atoms with E-state index in [1.54, 1.807) is 4.72 Å². The van der Waals surface area contributed by atoms with Gasteiger partial charge in [-0.2, -0.15) is 17.9 Å². The molecule has 25 heavy (non-hydrogen) atoms. The number of hydrogen-bond acceptors (Lipinski definition) is 5. The van der Waals surface area contributed by atoms with E-state index < -0.39 is 38.6 Å². The minimum atomic E-state index is -4.94. The molecule has 1 aromatic carbocycles. The molecule has 2 heterocycles. The van der Waals surface area contributed by atoms with Gasteiger partial charge in [-0.3, -0.25) is 4.40 Å². The summed E-state index contributed by atoms with van der Waals surface area (Å²) in [4.78, 5) is 3.60. The van der Waals surface area contributed by atoms with Crippen LogP contribution in [-0.2, 0) is 10.0 Å². The zero-order valence-electron chi connectivity index (χ0n) is 12.1. The SMILES string of the molecule is O=S(=O)(N[C@H](c1ccc(F)cc1)C(F)(F)F)c1cc2nncn2cn1. The largest absolute Gasteiger partial charge is 0.408 e. The zero-order valence-corrected chi connectivity index (χ0v) is 13.0. The van der Waals surface area contributed by atoms with Crippen molar-refractivity contribution in [3.8, 4) is 0 Å². The second-order valence-electron chi connectivity index (χ2n) is 4.97. The smallest absolute Gasteiger partial charge is 0.272 e. The molecule has 3 rings (SSSR count). The molecule has 0 fully saturated rings. The predicted octanol–water partition coefficient (Wildman–Crippen LogP) is 1.85. The molecule has 0 amide bonds. The Balaban J connectivity index is 1.98. The lowest BCUT2D eigenvalue weighted by molar-refractivity contribution is -0.153. The highest BCUT2D eigenvalue weighted by Crippen LogP contribution is 2.34. The Morgan fingerprint density at radius 3 is 2.44 bits per heavy atom. The van der Waals surface area contributed by atoms with Gasteiger partial charge in [0.25, 0.3) is 10.0 Å². The summed E-state index contributed by atoms with van der Waals surface area (Å²) in [6.07, 6.45) is -2.63. The normalized spacial score (nSPS) is 13.9. The van der Waals surface area contributed by atoms with Gasteiger partial charge < -0.3 is 0 Å². The highest BCUT2D eigenvalue weighted by molar-refractivity contribution is 7.89. The van der Waals surface area contributed by atoms with Crippen molar-refractivity contribution in [1.29, 1.82) is 0 Å². The fraction of sp³-hybridized carbons (Fsp3) is 0.154. The van der Waals surface area contributed by atoms with Crippen LogP contribution in [0, 0.1) is 5.82 Å². The van der Waals surface area contributed by atoms with Crippen LogP contribution < -0.4 is 4.72 Å². The first-order valence-corrected chi connectivity index (χ1v) is 8.15. The first-order chi connectivity index (χ1) is 11.7. The van der Waals surface area contributed by atoms with E-state index in [2.05, 4.69) is 15.2 Å². The lowest BCUT2D eigenvalue weighted by Gasteiger charge is -2.21. The third-order valence-electron chi connectivity index (χ3n) is 3.24. The molecule has 0 aliphatic carbocycles. The molecular weight excluding hydrogens is 366 g/mol. The maximum atomic E-state index is 13.3. The molecule has 0 aliphatic rings. The Hall–Kier alpha value is -2.60. The van der Waals surface area contributed by atoms with Gasteiger partial charge in [0.05, 0.1) is 0 Å². The second kappa shape index (κ2) is 6.04.